The molecule has 0 heterocycles. The quantitative estimate of drug-likeness (QED) is 0.402. The number of Topliss-reactive ketones (excluding diaryl/α,β-unsaturated/α-hetero) is 1. The normalized spacial score (nSPS) is 13.7. The van der Waals surface area contributed by atoms with Crippen LogP contribution in [-0.4, -0.2) is 72.3 Å². The number of hydrogen-bond donors (Lipinski definition) is 3. The van der Waals surface area contributed by atoms with E-state index in [0.29, 0.717) is 0 Å². The first-order valence-electron chi connectivity index (χ1n) is 7.66. The van der Waals surface area contributed by atoms with Crippen molar-refractivity contribution in [3.63, 3.8) is 0 Å². The van der Waals surface area contributed by atoms with Crippen LogP contribution in [0.3, 0.4) is 0 Å². The maximum absolute atomic E-state index is 11.3. The molecule has 1 amide bonds. The number of nitrogens with two attached hydrogens (primary N) is 1. The second-order valence-corrected chi connectivity index (χ2v) is 25.3. The second kappa shape index (κ2) is 13.5. The fourth-order valence-corrected chi connectivity index (χ4v) is 14.7. The average Bonchev–Trinajstić information content (AvgIpc) is 2.42. The minimum absolute atomic E-state index is 0.00652. The van der Waals surface area contributed by atoms with E-state index in [9.17, 15) is 14.4 Å². The first kappa shape index (κ1) is 27.6. The molecule has 0 aromatic rings. The molecule has 25 heavy (non-hydrogen) atoms. The van der Waals surface area contributed by atoms with Crippen molar-refractivity contribution in [3.8, 4) is 0 Å². The SMILES string of the molecule is CC(=O)CNC(=O)C(C)S[As](C)C.C[As](C)SC(C)(C)C(N)C(=O)O. The van der Waals surface area contributed by atoms with Gasteiger partial charge < -0.3 is 0 Å². The molecule has 0 radical (unpaired) electrons. The van der Waals surface area contributed by atoms with Gasteiger partial charge in [-0.1, -0.05) is 0 Å². The van der Waals surface area contributed by atoms with Crippen LogP contribution in [0, 0.1) is 0 Å². The number of carbonyl (C=O) groups excluding carboxylic acids is 2. The van der Waals surface area contributed by atoms with E-state index in [-0.39, 0.29) is 28.2 Å². The summed E-state index contributed by atoms with van der Waals surface area (Å²) in [6.45, 7) is 7.30. The monoisotopic (exact) mass is 518 g/mol. The van der Waals surface area contributed by atoms with E-state index in [4.69, 9.17) is 10.8 Å². The maximum atomic E-state index is 11.3. The fraction of sp³-hybridized carbons (Fsp3) is 0.800. The molecular formula is C15H32As2N2O4S2. The van der Waals surface area contributed by atoms with Crippen molar-refractivity contribution in [2.75, 3.05) is 6.54 Å². The van der Waals surface area contributed by atoms with Crippen LogP contribution in [0.25, 0.3) is 0 Å². The summed E-state index contributed by atoms with van der Waals surface area (Å²) in [5.74, 6) is -0.945. The number of carbonyl (C=O) groups is 3. The third-order valence-electron chi connectivity index (χ3n) is 2.68. The van der Waals surface area contributed by atoms with Gasteiger partial charge in [0.15, 0.2) is 0 Å². The van der Waals surface area contributed by atoms with Crippen LogP contribution in [0.15, 0.2) is 0 Å². The van der Waals surface area contributed by atoms with Crippen LogP contribution in [0.2, 0.25) is 22.8 Å². The minimum atomic E-state index is -0.914. The summed E-state index contributed by atoms with van der Waals surface area (Å²) in [6.07, 6.45) is 0. The summed E-state index contributed by atoms with van der Waals surface area (Å²) in [6, 6.07) is -0.765. The molecule has 10 heteroatoms. The molecule has 4 N–H and O–H groups in total. The van der Waals surface area contributed by atoms with Gasteiger partial charge in [0.1, 0.15) is 0 Å². The van der Waals surface area contributed by atoms with Gasteiger partial charge in [0.25, 0.3) is 0 Å². The average molecular weight is 518 g/mol. The van der Waals surface area contributed by atoms with Gasteiger partial charge in [-0.05, 0) is 0 Å². The number of ketones is 1. The zero-order valence-corrected chi connectivity index (χ0v) is 21.7. The van der Waals surface area contributed by atoms with Gasteiger partial charge >= 0.3 is 168 Å². The third kappa shape index (κ3) is 15.2. The van der Waals surface area contributed by atoms with Crippen molar-refractivity contribution in [1.29, 1.82) is 0 Å². The third-order valence-corrected chi connectivity index (χ3v) is 14.6. The Morgan fingerprint density at radius 1 is 1.16 bits per heavy atom. The topological polar surface area (TPSA) is 109 Å². The summed E-state index contributed by atoms with van der Waals surface area (Å²) in [7, 11) is 3.47. The van der Waals surface area contributed by atoms with Crippen molar-refractivity contribution >= 4 is 64.7 Å². The molecule has 0 aliphatic heterocycles. The van der Waals surface area contributed by atoms with E-state index < -0.39 is 39.0 Å². The first-order chi connectivity index (χ1) is 11.2. The molecule has 0 bridgehead atoms. The van der Waals surface area contributed by atoms with Crippen molar-refractivity contribution in [2.24, 2.45) is 5.73 Å². The molecule has 2 atom stereocenters. The summed E-state index contributed by atoms with van der Waals surface area (Å²) < 4.78 is -0.338. The van der Waals surface area contributed by atoms with E-state index >= 15 is 0 Å². The standard InChI is InChI=1S/C8H16AsNO2S.C7H16AsNO2S/c1-6(11)5-10-8(12)7(2)13-9(3)4;1-7(2,12-8(3)4)5(9)6(10)11/h7H,5H2,1-4H3,(H,10,12);5H,9H2,1-4H3,(H,10,11). The molecule has 6 nitrogen and oxygen atoms in total. The summed E-state index contributed by atoms with van der Waals surface area (Å²) in [5, 5.41) is 11.3. The Morgan fingerprint density at radius 2 is 1.64 bits per heavy atom. The fourth-order valence-electron chi connectivity index (χ4n) is 1.54. The molecule has 0 aliphatic rings. The molecule has 0 saturated carbocycles. The van der Waals surface area contributed by atoms with E-state index in [1.807, 2.05) is 20.8 Å². The molecular weight excluding hydrogens is 486 g/mol. The van der Waals surface area contributed by atoms with Crippen LogP contribution >= 0.6 is 20.0 Å². The molecule has 0 aromatic heterocycles. The molecule has 2 unspecified atom stereocenters. The number of carboxylic acid groups (broad SMARTS) is 1. The van der Waals surface area contributed by atoms with E-state index in [1.54, 1.807) is 20.0 Å². The van der Waals surface area contributed by atoms with Crippen molar-refractivity contribution < 1.29 is 19.5 Å². The van der Waals surface area contributed by atoms with Gasteiger partial charge in [-0.3, -0.25) is 0 Å². The Kier molecular flexibility index (Phi) is 15.0. The van der Waals surface area contributed by atoms with E-state index in [0.717, 1.165) is 0 Å². The number of nitrogens with one attached hydrogen (secondary N) is 1. The van der Waals surface area contributed by atoms with Crippen molar-refractivity contribution in [1.82, 2.24) is 5.32 Å². The van der Waals surface area contributed by atoms with Crippen LogP contribution in [0.5, 0.6) is 0 Å². The van der Waals surface area contributed by atoms with Crippen molar-refractivity contribution in [3.05, 3.63) is 0 Å². The van der Waals surface area contributed by atoms with Crippen LogP contribution in [-0.2, 0) is 14.4 Å². The Hall–Kier alpha value is 0.387. The number of amides is 1. The van der Waals surface area contributed by atoms with Gasteiger partial charge in [0.05, 0.1) is 0 Å². The summed E-state index contributed by atoms with van der Waals surface area (Å²) >= 11 is -1.70. The predicted molar refractivity (Wildman–Crippen MR) is 113 cm³/mol. The first-order valence-corrected chi connectivity index (χ1v) is 21.4. The van der Waals surface area contributed by atoms with Crippen LogP contribution < -0.4 is 11.1 Å². The Labute approximate surface area is 167 Å². The zero-order valence-electron chi connectivity index (χ0n) is 16.3. The number of hydrogen-bond acceptors (Lipinski definition) is 6. The Balaban J connectivity index is 0. The van der Waals surface area contributed by atoms with Gasteiger partial charge in [0, 0.05) is 0 Å². The summed E-state index contributed by atoms with van der Waals surface area (Å²) in [5.41, 5.74) is 14.3. The second-order valence-electron chi connectivity index (χ2n) is 6.30. The van der Waals surface area contributed by atoms with E-state index in [2.05, 4.69) is 28.2 Å². The van der Waals surface area contributed by atoms with Gasteiger partial charge in [0.2, 0.25) is 0 Å². The molecule has 148 valence electrons. The zero-order chi connectivity index (χ0) is 20.4. The predicted octanol–water partition coefficient (Wildman–Crippen LogP) is 2.23. The molecule has 0 aromatic carbocycles. The van der Waals surface area contributed by atoms with Crippen LogP contribution in [0.1, 0.15) is 27.7 Å². The molecule has 0 rings (SSSR count). The van der Waals surface area contributed by atoms with Gasteiger partial charge in [-0.2, -0.15) is 0 Å². The van der Waals surface area contributed by atoms with Gasteiger partial charge in [-0.15, -0.1) is 0 Å². The molecule has 0 spiro atoms. The van der Waals surface area contributed by atoms with Gasteiger partial charge in [-0.25, -0.2) is 0 Å². The molecule has 0 fully saturated rings. The molecule has 0 aliphatic carbocycles. The number of rotatable bonds is 9. The van der Waals surface area contributed by atoms with Crippen molar-refractivity contribution in [2.45, 2.75) is 66.6 Å². The number of carboxylic acids is 1. The Morgan fingerprint density at radius 3 is 1.96 bits per heavy atom. The van der Waals surface area contributed by atoms with E-state index in [1.165, 1.54) is 6.92 Å². The van der Waals surface area contributed by atoms with Crippen LogP contribution in [0.4, 0.5) is 0 Å². The summed E-state index contributed by atoms with van der Waals surface area (Å²) in [4.78, 5) is 32.5. The number of aliphatic carboxylic acids is 1. The molecule has 0 saturated heterocycles. The Bertz CT molecular complexity index is 449.